The molecule has 4 nitrogen and oxygen atoms in total. The standard InChI is InChI=1S/C11H7BrFNO3/c1-5-9(11(15)16)10(14-17-5)6-2-7(12)4-8(13)3-6/h2-4H,1H3,(H,15,16). The highest BCUT2D eigenvalue weighted by Crippen LogP contribution is 2.28. The third-order valence-corrected chi connectivity index (χ3v) is 2.67. The summed E-state index contributed by atoms with van der Waals surface area (Å²) in [6.07, 6.45) is 0. The maximum Gasteiger partial charge on any atom is 0.341 e. The van der Waals surface area contributed by atoms with Crippen molar-refractivity contribution in [1.82, 2.24) is 5.16 Å². The zero-order valence-electron chi connectivity index (χ0n) is 8.70. The molecule has 1 aromatic carbocycles. The van der Waals surface area contributed by atoms with Crippen LogP contribution in [0.1, 0.15) is 16.1 Å². The van der Waals surface area contributed by atoms with Crippen molar-refractivity contribution >= 4 is 21.9 Å². The SMILES string of the molecule is Cc1onc(-c2cc(F)cc(Br)c2)c1C(=O)O. The van der Waals surface area contributed by atoms with Crippen LogP contribution in [0, 0.1) is 12.7 Å². The summed E-state index contributed by atoms with van der Waals surface area (Å²) in [6.45, 7) is 1.49. The number of aryl methyl sites for hydroxylation is 1. The number of benzene rings is 1. The van der Waals surface area contributed by atoms with E-state index in [1.807, 2.05) is 0 Å². The quantitative estimate of drug-likeness (QED) is 0.924. The Balaban J connectivity index is 2.64. The van der Waals surface area contributed by atoms with E-state index in [0.717, 1.165) is 0 Å². The van der Waals surface area contributed by atoms with Crippen LogP contribution in [0.2, 0.25) is 0 Å². The summed E-state index contributed by atoms with van der Waals surface area (Å²) < 4.78 is 18.5. The second-order valence-electron chi connectivity index (χ2n) is 3.43. The highest BCUT2D eigenvalue weighted by Gasteiger charge is 2.21. The summed E-state index contributed by atoms with van der Waals surface area (Å²) in [7, 11) is 0. The lowest BCUT2D eigenvalue weighted by atomic mass is 10.1. The molecule has 1 aromatic heterocycles. The van der Waals surface area contributed by atoms with E-state index in [-0.39, 0.29) is 17.0 Å². The van der Waals surface area contributed by atoms with Gasteiger partial charge in [-0.3, -0.25) is 0 Å². The van der Waals surface area contributed by atoms with E-state index in [4.69, 9.17) is 9.63 Å². The normalized spacial score (nSPS) is 10.5. The molecule has 1 N–H and O–H groups in total. The van der Waals surface area contributed by atoms with Gasteiger partial charge in [-0.2, -0.15) is 0 Å². The van der Waals surface area contributed by atoms with Crippen molar-refractivity contribution in [2.75, 3.05) is 0 Å². The van der Waals surface area contributed by atoms with Gasteiger partial charge < -0.3 is 9.63 Å². The Morgan fingerprint density at radius 3 is 2.76 bits per heavy atom. The zero-order valence-corrected chi connectivity index (χ0v) is 10.3. The molecule has 0 atom stereocenters. The van der Waals surface area contributed by atoms with Crippen molar-refractivity contribution in [1.29, 1.82) is 0 Å². The molecule has 0 aliphatic rings. The number of aromatic nitrogens is 1. The fourth-order valence-electron chi connectivity index (χ4n) is 1.51. The van der Waals surface area contributed by atoms with Gasteiger partial charge in [0.1, 0.15) is 22.8 Å². The molecule has 0 amide bonds. The third kappa shape index (κ3) is 2.21. The average Bonchev–Trinajstić information content (AvgIpc) is 2.58. The maximum atomic E-state index is 13.2. The molecule has 0 bridgehead atoms. The number of carboxylic acids is 1. The van der Waals surface area contributed by atoms with Gasteiger partial charge in [0.2, 0.25) is 0 Å². The minimum Gasteiger partial charge on any atom is -0.477 e. The molecule has 0 radical (unpaired) electrons. The first-order valence-electron chi connectivity index (χ1n) is 4.65. The summed E-state index contributed by atoms with van der Waals surface area (Å²) in [6, 6.07) is 4.05. The Kier molecular flexibility index (Phi) is 2.97. The van der Waals surface area contributed by atoms with Crippen molar-refractivity contribution in [2.24, 2.45) is 0 Å². The van der Waals surface area contributed by atoms with Gasteiger partial charge in [-0.1, -0.05) is 21.1 Å². The van der Waals surface area contributed by atoms with Gasteiger partial charge in [-0.15, -0.1) is 0 Å². The zero-order chi connectivity index (χ0) is 12.6. The van der Waals surface area contributed by atoms with E-state index in [1.54, 1.807) is 6.07 Å². The van der Waals surface area contributed by atoms with Gasteiger partial charge in [0, 0.05) is 10.0 Å². The van der Waals surface area contributed by atoms with Crippen molar-refractivity contribution in [3.8, 4) is 11.3 Å². The molecular weight excluding hydrogens is 293 g/mol. The van der Waals surface area contributed by atoms with Crippen LogP contribution in [0.25, 0.3) is 11.3 Å². The minimum absolute atomic E-state index is 0.0532. The second kappa shape index (κ2) is 4.29. The predicted molar refractivity (Wildman–Crippen MR) is 61.3 cm³/mol. The summed E-state index contributed by atoms with van der Waals surface area (Å²) in [5.41, 5.74) is 0.420. The lowest BCUT2D eigenvalue weighted by Crippen LogP contribution is -1.99. The van der Waals surface area contributed by atoms with Gasteiger partial charge in [0.15, 0.2) is 0 Å². The van der Waals surface area contributed by atoms with Crippen molar-refractivity contribution in [2.45, 2.75) is 6.92 Å². The van der Waals surface area contributed by atoms with E-state index in [0.29, 0.717) is 10.0 Å². The Hall–Kier alpha value is -1.69. The lowest BCUT2D eigenvalue weighted by Gasteiger charge is -2.00. The maximum absolute atomic E-state index is 13.2. The number of hydrogen-bond acceptors (Lipinski definition) is 3. The molecule has 2 aromatic rings. The topological polar surface area (TPSA) is 63.3 Å². The molecule has 88 valence electrons. The molecule has 1 heterocycles. The van der Waals surface area contributed by atoms with Crippen LogP contribution < -0.4 is 0 Å². The molecule has 17 heavy (non-hydrogen) atoms. The van der Waals surface area contributed by atoms with E-state index >= 15 is 0 Å². The van der Waals surface area contributed by atoms with Crippen LogP contribution in [0.3, 0.4) is 0 Å². The fourth-order valence-corrected chi connectivity index (χ4v) is 1.98. The average molecular weight is 300 g/mol. The van der Waals surface area contributed by atoms with Gasteiger partial charge in [0.25, 0.3) is 0 Å². The number of carbonyl (C=O) groups is 1. The van der Waals surface area contributed by atoms with Crippen LogP contribution in [0.5, 0.6) is 0 Å². The molecule has 0 saturated heterocycles. The molecule has 0 fully saturated rings. The van der Waals surface area contributed by atoms with Crippen molar-refractivity contribution in [3.63, 3.8) is 0 Å². The van der Waals surface area contributed by atoms with E-state index in [1.165, 1.54) is 19.1 Å². The molecule has 0 unspecified atom stereocenters. The van der Waals surface area contributed by atoms with Crippen LogP contribution in [0.15, 0.2) is 27.2 Å². The van der Waals surface area contributed by atoms with Gasteiger partial charge in [0.05, 0.1) is 0 Å². The highest BCUT2D eigenvalue weighted by atomic mass is 79.9. The molecule has 2 rings (SSSR count). The Labute approximate surface area is 104 Å². The third-order valence-electron chi connectivity index (χ3n) is 2.21. The van der Waals surface area contributed by atoms with Gasteiger partial charge in [-0.05, 0) is 25.1 Å². The summed E-state index contributed by atoms with van der Waals surface area (Å²) in [5.74, 6) is -1.45. The number of carboxylic acid groups (broad SMARTS) is 1. The minimum atomic E-state index is -1.15. The first-order valence-corrected chi connectivity index (χ1v) is 5.44. The number of halogens is 2. The van der Waals surface area contributed by atoms with Crippen LogP contribution in [-0.4, -0.2) is 16.2 Å². The number of rotatable bonds is 2. The number of hydrogen-bond donors (Lipinski definition) is 1. The number of nitrogens with zero attached hydrogens (tertiary/aromatic N) is 1. The summed E-state index contributed by atoms with van der Waals surface area (Å²) >= 11 is 3.13. The van der Waals surface area contributed by atoms with Crippen molar-refractivity contribution in [3.05, 3.63) is 39.8 Å². The molecule has 0 spiro atoms. The van der Waals surface area contributed by atoms with Crippen molar-refractivity contribution < 1.29 is 18.8 Å². The molecule has 0 saturated carbocycles. The van der Waals surface area contributed by atoms with Crippen LogP contribution >= 0.6 is 15.9 Å². The smallest absolute Gasteiger partial charge is 0.341 e. The Morgan fingerprint density at radius 2 is 2.18 bits per heavy atom. The predicted octanol–water partition coefficient (Wildman–Crippen LogP) is 3.25. The monoisotopic (exact) mass is 299 g/mol. The highest BCUT2D eigenvalue weighted by molar-refractivity contribution is 9.10. The van der Waals surface area contributed by atoms with Gasteiger partial charge >= 0.3 is 5.97 Å². The molecule has 0 aliphatic heterocycles. The number of aromatic carboxylic acids is 1. The first kappa shape index (κ1) is 11.8. The fraction of sp³-hybridized carbons (Fsp3) is 0.0909. The molecule has 0 aliphatic carbocycles. The van der Waals surface area contributed by atoms with E-state index in [9.17, 15) is 9.18 Å². The van der Waals surface area contributed by atoms with Gasteiger partial charge in [-0.25, -0.2) is 9.18 Å². The Bertz CT molecular complexity index is 574. The molecule has 6 heteroatoms. The summed E-state index contributed by atoms with van der Waals surface area (Å²) in [4.78, 5) is 11.0. The second-order valence-corrected chi connectivity index (χ2v) is 4.34. The largest absolute Gasteiger partial charge is 0.477 e. The van der Waals surface area contributed by atoms with E-state index < -0.39 is 11.8 Å². The van der Waals surface area contributed by atoms with Crippen LogP contribution in [-0.2, 0) is 0 Å². The Morgan fingerprint density at radius 1 is 1.47 bits per heavy atom. The van der Waals surface area contributed by atoms with Crippen LogP contribution in [0.4, 0.5) is 4.39 Å². The summed E-state index contributed by atoms with van der Waals surface area (Å²) in [5, 5.41) is 12.7. The molecular formula is C11H7BrFNO3. The lowest BCUT2D eigenvalue weighted by molar-refractivity contribution is 0.0696. The first-order chi connectivity index (χ1) is 7.99. The van der Waals surface area contributed by atoms with E-state index in [2.05, 4.69) is 21.1 Å².